The Kier molecular flexibility index (Phi) is 4.72. The number of hydrogen-bond donors (Lipinski definition) is 2. The second-order valence-electron chi connectivity index (χ2n) is 4.06. The summed E-state index contributed by atoms with van der Waals surface area (Å²) in [6, 6.07) is 2.74. The molecule has 2 rings (SSSR count). The molecule has 0 spiro atoms. The maximum atomic E-state index is 14.4. The molecule has 1 aromatic carbocycles. The van der Waals surface area contributed by atoms with Crippen LogP contribution in [0, 0.1) is 5.82 Å². The number of carboxylic acids is 1. The predicted molar refractivity (Wildman–Crippen MR) is 82.1 cm³/mol. The second kappa shape index (κ2) is 6.37. The summed E-state index contributed by atoms with van der Waals surface area (Å²) in [6.07, 6.45) is 1.65. The van der Waals surface area contributed by atoms with Crippen LogP contribution < -0.4 is 10.5 Å². The van der Waals surface area contributed by atoms with Crippen molar-refractivity contribution in [3.8, 4) is 17.1 Å². The zero-order valence-corrected chi connectivity index (χ0v) is 13.1. The van der Waals surface area contributed by atoms with E-state index in [1.165, 1.54) is 19.2 Å². The molecule has 3 N–H and O–H groups in total. The third-order valence-corrected chi connectivity index (χ3v) is 3.90. The molecule has 0 unspecified atom stereocenters. The van der Waals surface area contributed by atoms with Crippen LogP contribution in [0.2, 0.25) is 5.02 Å². The number of rotatable bonds is 4. The van der Waals surface area contributed by atoms with E-state index in [2.05, 4.69) is 9.97 Å². The van der Waals surface area contributed by atoms with Gasteiger partial charge in [0.25, 0.3) is 0 Å². The molecule has 9 heteroatoms. The van der Waals surface area contributed by atoms with Crippen molar-refractivity contribution >= 4 is 35.1 Å². The number of carboxylic acid groups (broad SMARTS) is 1. The first-order valence-corrected chi connectivity index (χ1v) is 7.48. The first-order chi connectivity index (χ1) is 10.4. The summed E-state index contributed by atoms with van der Waals surface area (Å²) < 4.78 is 19.3. The molecule has 0 saturated heterocycles. The lowest BCUT2D eigenvalue weighted by molar-refractivity contribution is 0.0686. The van der Waals surface area contributed by atoms with Gasteiger partial charge in [0.1, 0.15) is 5.82 Å². The van der Waals surface area contributed by atoms with E-state index >= 15 is 0 Å². The predicted octanol–water partition coefficient (Wildman–Crippen LogP) is 2.95. The highest BCUT2D eigenvalue weighted by molar-refractivity contribution is 7.98. The van der Waals surface area contributed by atoms with E-state index in [1.54, 1.807) is 6.26 Å². The van der Waals surface area contributed by atoms with Gasteiger partial charge in [-0.3, -0.25) is 0 Å². The number of aromatic carboxylic acids is 1. The fraction of sp³-hybridized carbons (Fsp3) is 0.154. The van der Waals surface area contributed by atoms with Crippen molar-refractivity contribution in [2.24, 2.45) is 0 Å². The molecule has 1 heterocycles. The SMILES string of the molecule is COc1c(Cl)ccc(-c2nc(N)c(SC)c(C(=O)O)n2)c1F. The minimum atomic E-state index is -1.28. The van der Waals surface area contributed by atoms with Crippen LogP contribution in [-0.2, 0) is 0 Å². The number of benzene rings is 1. The molecule has 0 bridgehead atoms. The zero-order chi connectivity index (χ0) is 16.4. The Bertz CT molecular complexity index is 758. The van der Waals surface area contributed by atoms with E-state index < -0.39 is 11.8 Å². The van der Waals surface area contributed by atoms with Gasteiger partial charge in [0, 0.05) is 0 Å². The van der Waals surface area contributed by atoms with Crippen molar-refractivity contribution in [3.63, 3.8) is 0 Å². The van der Waals surface area contributed by atoms with Gasteiger partial charge in [0.15, 0.2) is 23.1 Å². The van der Waals surface area contributed by atoms with Gasteiger partial charge in [-0.05, 0) is 18.4 Å². The summed E-state index contributed by atoms with van der Waals surface area (Å²) in [5.41, 5.74) is 5.40. The van der Waals surface area contributed by atoms with Crippen molar-refractivity contribution in [1.29, 1.82) is 0 Å². The topological polar surface area (TPSA) is 98.3 Å². The van der Waals surface area contributed by atoms with E-state index in [0.29, 0.717) is 0 Å². The molecule has 0 amide bonds. The molecule has 0 atom stereocenters. The number of nitrogens with two attached hydrogens (primary N) is 1. The molecular weight excluding hydrogens is 333 g/mol. The summed E-state index contributed by atoms with van der Waals surface area (Å²) in [6.45, 7) is 0. The number of ether oxygens (including phenoxy) is 1. The van der Waals surface area contributed by atoms with Gasteiger partial charge in [0.2, 0.25) is 0 Å². The number of aromatic nitrogens is 2. The van der Waals surface area contributed by atoms with Crippen LogP contribution in [0.4, 0.5) is 10.2 Å². The van der Waals surface area contributed by atoms with Gasteiger partial charge in [-0.1, -0.05) is 11.6 Å². The summed E-state index contributed by atoms with van der Waals surface area (Å²) in [5.74, 6) is -2.43. The maximum absolute atomic E-state index is 14.4. The Labute approximate surface area is 134 Å². The second-order valence-corrected chi connectivity index (χ2v) is 5.29. The average Bonchev–Trinajstić information content (AvgIpc) is 2.46. The molecule has 116 valence electrons. The Morgan fingerprint density at radius 1 is 1.45 bits per heavy atom. The molecule has 0 aliphatic heterocycles. The fourth-order valence-corrected chi connectivity index (χ4v) is 2.63. The van der Waals surface area contributed by atoms with Crippen molar-refractivity contribution in [2.75, 3.05) is 19.1 Å². The lowest BCUT2D eigenvalue weighted by Gasteiger charge is -2.11. The number of nitrogens with zero attached hydrogens (tertiary/aromatic N) is 2. The van der Waals surface area contributed by atoms with Crippen LogP contribution in [0.3, 0.4) is 0 Å². The maximum Gasteiger partial charge on any atom is 0.355 e. The minimum absolute atomic E-state index is 0.0387. The van der Waals surface area contributed by atoms with E-state index in [0.717, 1.165) is 11.8 Å². The van der Waals surface area contributed by atoms with Crippen LogP contribution in [0.25, 0.3) is 11.4 Å². The summed E-state index contributed by atoms with van der Waals surface area (Å²) in [4.78, 5) is 19.4. The minimum Gasteiger partial charge on any atom is -0.492 e. The number of nitrogen functional groups attached to an aromatic ring is 1. The third kappa shape index (κ3) is 2.79. The van der Waals surface area contributed by atoms with Gasteiger partial charge >= 0.3 is 5.97 Å². The molecule has 1 aromatic heterocycles. The molecule has 22 heavy (non-hydrogen) atoms. The standard InChI is InChI=1S/C13H11ClFN3O3S/c1-21-9-6(14)4-3-5(7(9)15)12-17-8(13(19)20)10(22-2)11(16)18-12/h3-4H,1-2H3,(H,19,20)(H2,16,17,18). The molecule has 0 saturated carbocycles. The molecule has 6 nitrogen and oxygen atoms in total. The van der Waals surface area contributed by atoms with E-state index in [-0.39, 0.29) is 38.6 Å². The smallest absolute Gasteiger partial charge is 0.355 e. The highest BCUT2D eigenvalue weighted by Crippen LogP contribution is 2.35. The van der Waals surface area contributed by atoms with Gasteiger partial charge in [-0.15, -0.1) is 11.8 Å². The number of hydrogen-bond acceptors (Lipinski definition) is 6. The van der Waals surface area contributed by atoms with Crippen LogP contribution in [0.1, 0.15) is 10.5 Å². The largest absolute Gasteiger partial charge is 0.492 e. The monoisotopic (exact) mass is 343 g/mol. The summed E-state index contributed by atoms with van der Waals surface area (Å²) >= 11 is 6.92. The van der Waals surface area contributed by atoms with Crippen LogP contribution >= 0.6 is 23.4 Å². The molecule has 0 aliphatic carbocycles. The quantitative estimate of drug-likeness (QED) is 0.823. The molecule has 0 radical (unpaired) electrons. The zero-order valence-electron chi connectivity index (χ0n) is 11.6. The summed E-state index contributed by atoms with van der Waals surface area (Å²) in [7, 11) is 1.27. The lowest BCUT2D eigenvalue weighted by Crippen LogP contribution is -2.09. The van der Waals surface area contributed by atoms with Gasteiger partial charge in [0.05, 0.1) is 22.6 Å². The number of halogens is 2. The molecule has 0 aliphatic rings. The number of carbonyl (C=O) groups is 1. The third-order valence-electron chi connectivity index (χ3n) is 2.79. The number of thioether (sulfide) groups is 1. The Hall–Kier alpha value is -2.06. The number of anilines is 1. The molecule has 0 fully saturated rings. The average molecular weight is 344 g/mol. The van der Waals surface area contributed by atoms with Crippen LogP contribution in [-0.4, -0.2) is 34.4 Å². The highest BCUT2D eigenvalue weighted by atomic mass is 35.5. The van der Waals surface area contributed by atoms with Gasteiger partial charge in [-0.25, -0.2) is 19.2 Å². The van der Waals surface area contributed by atoms with Crippen molar-refractivity contribution in [3.05, 3.63) is 28.7 Å². The number of methoxy groups -OCH3 is 1. The van der Waals surface area contributed by atoms with Crippen molar-refractivity contribution < 1.29 is 19.0 Å². The van der Waals surface area contributed by atoms with Crippen LogP contribution in [0.5, 0.6) is 5.75 Å². The van der Waals surface area contributed by atoms with Gasteiger partial charge in [-0.2, -0.15) is 0 Å². The normalized spacial score (nSPS) is 10.5. The van der Waals surface area contributed by atoms with Crippen molar-refractivity contribution in [1.82, 2.24) is 9.97 Å². The van der Waals surface area contributed by atoms with Crippen molar-refractivity contribution in [2.45, 2.75) is 4.90 Å². The summed E-state index contributed by atoms with van der Waals surface area (Å²) in [5, 5.41) is 9.29. The van der Waals surface area contributed by atoms with Crippen LogP contribution in [0.15, 0.2) is 17.0 Å². The molecular formula is C13H11ClFN3O3S. The fourth-order valence-electron chi connectivity index (χ4n) is 1.83. The Balaban J connectivity index is 2.71. The van der Waals surface area contributed by atoms with E-state index in [4.69, 9.17) is 22.1 Å². The molecule has 2 aromatic rings. The highest BCUT2D eigenvalue weighted by Gasteiger charge is 2.22. The lowest BCUT2D eigenvalue weighted by atomic mass is 10.1. The van der Waals surface area contributed by atoms with Gasteiger partial charge < -0.3 is 15.6 Å². The van der Waals surface area contributed by atoms with E-state index in [1.807, 2.05) is 0 Å². The van der Waals surface area contributed by atoms with E-state index in [9.17, 15) is 14.3 Å². The Morgan fingerprint density at radius 2 is 2.14 bits per heavy atom. The first-order valence-electron chi connectivity index (χ1n) is 5.87. The Morgan fingerprint density at radius 3 is 2.68 bits per heavy atom. The first kappa shape index (κ1) is 16.3.